The van der Waals surface area contributed by atoms with E-state index in [1.54, 1.807) is 11.0 Å². The number of anilines is 1. The first-order valence-corrected chi connectivity index (χ1v) is 10.6. The van der Waals surface area contributed by atoms with Gasteiger partial charge in [-0.3, -0.25) is 0 Å². The fourth-order valence-corrected chi connectivity index (χ4v) is 3.96. The molecule has 6 nitrogen and oxygen atoms in total. The molecule has 10 heteroatoms. The van der Waals surface area contributed by atoms with Crippen LogP contribution in [0.1, 0.15) is 27.7 Å². The number of aromatic nitrogens is 2. The van der Waals surface area contributed by atoms with Crippen molar-refractivity contribution in [1.82, 2.24) is 14.9 Å². The van der Waals surface area contributed by atoms with Crippen molar-refractivity contribution in [1.29, 1.82) is 0 Å². The zero-order valence-electron chi connectivity index (χ0n) is 15.9. The molecule has 1 unspecified atom stereocenters. The van der Waals surface area contributed by atoms with Crippen LogP contribution in [-0.4, -0.2) is 52.2 Å². The van der Waals surface area contributed by atoms with Crippen molar-refractivity contribution in [2.45, 2.75) is 39.3 Å². The SMILES string of the molecule is CC1CN(C(=O)OC(C)(C)C)CCN1c1nc(F)nc2c(F)c(Br)c(I)cc12. The summed E-state index contributed by atoms with van der Waals surface area (Å²) in [6.07, 6.45) is -1.38. The fourth-order valence-electron chi connectivity index (χ4n) is 3.11. The molecule has 0 bridgehead atoms. The van der Waals surface area contributed by atoms with Crippen molar-refractivity contribution in [3.63, 3.8) is 0 Å². The smallest absolute Gasteiger partial charge is 0.410 e. The second kappa shape index (κ2) is 7.85. The normalized spacial score (nSPS) is 17.9. The highest BCUT2D eigenvalue weighted by Crippen LogP contribution is 2.34. The Morgan fingerprint density at radius 2 is 2.00 bits per heavy atom. The van der Waals surface area contributed by atoms with Gasteiger partial charge in [0.05, 0.1) is 4.47 Å². The molecule has 1 atom stereocenters. The summed E-state index contributed by atoms with van der Waals surface area (Å²) < 4.78 is 35.0. The van der Waals surface area contributed by atoms with Crippen molar-refractivity contribution < 1.29 is 18.3 Å². The second-order valence-corrected chi connectivity index (χ2v) is 9.62. The molecule has 1 saturated heterocycles. The monoisotopic (exact) mass is 568 g/mol. The van der Waals surface area contributed by atoms with Crippen molar-refractivity contribution in [2.75, 3.05) is 24.5 Å². The molecule has 1 aromatic heterocycles. The molecule has 0 aliphatic carbocycles. The Morgan fingerprint density at radius 3 is 2.61 bits per heavy atom. The average Bonchev–Trinajstić information content (AvgIpc) is 2.58. The number of nitrogens with zero attached hydrogens (tertiary/aromatic N) is 4. The fraction of sp³-hybridized carbons (Fsp3) is 0.500. The molecule has 28 heavy (non-hydrogen) atoms. The minimum absolute atomic E-state index is 0.0726. The third-order valence-corrected chi connectivity index (χ3v) is 6.70. The Labute approximate surface area is 183 Å². The van der Waals surface area contributed by atoms with E-state index in [9.17, 15) is 13.6 Å². The van der Waals surface area contributed by atoms with Gasteiger partial charge in [-0.1, -0.05) is 0 Å². The Balaban J connectivity index is 1.93. The molecule has 152 valence electrons. The maximum Gasteiger partial charge on any atom is 0.410 e. The molecule has 0 N–H and O–H groups in total. The molecule has 1 amide bonds. The first-order chi connectivity index (χ1) is 13.0. The molecule has 1 aromatic carbocycles. The van der Waals surface area contributed by atoms with Gasteiger partial charge in [-0.15, -0.1) is 0 Å². The van der Waals surface area contributed by atoms with Crippen LogP contribution in [0.25, 0.3) is 10.9 Å². The number of hydrogen-bond donors (Lipinski definition) is 0. The lowest BCUT2D eigenvalue weighted by molar-refractivity contribution is 0.0218. The molecular formula is C18H20BrF2IN4O2. The van der Waals surface area contributed by atoms with E-state index < -0.39 is 17.5 Å². The summed E-state index contributed by atoms with van der Waals surface area (Å²) in [5.41, 5.74) is -0.651. The van der Waals surface area contributed by atoms with Gasteiger partial charge >= 0.3 is 12.2 Å². The molecule has 2 aromatic rings. The largest absolute Gasteiger partial charge is 0.444 e. The number of ether oxygens (including phenoxy) is 1. The van der Waals surface area contributed by atoms with E-state index in [-0.39, 0.29) is 22.1 Å². The Hall–Kier alpha value is -1.30. The van der Waals surface area contributed by atoms with E-state index in [0.717, 1.165) is 0 Å². The van der Waals surface area contributed by atoms with Gasteiger partial charge in [-0.25, -0.2) is 9.18 Å². The molecule has 1 aliphatic rings. The summed E-state index contributed by atoms with van der Waals surface area (Å²) in [5.74, 6) is -0.298. The first kappa shape index (κ1) is 21.4. The highest BCUT2D eigenvalue weighted by molar-refractivity contribution is 14.1. The van der Waals surface area contributed by atoms with Gasteiger partial charge in [0, 0.05) is 34.6 Å². The number of piperazine rings is 1. The van der Waals surface area contributed by atoms with Crippen LogP contribution >= 0.6 is 38.5 Å². The minimum atomic E-state index is -0.990. The van der Waals surface area contributed by atoms with Crippen LogP contribution in [-0.2, 0) is 4.74 Å². The van der Waals surface area contributed by atoms with Crippen molar-refractivity contribution in [3.05, 3.63) is 26.0 Å². The number of benzene rings is 1. The molecule has 0 saturated carbocycles. The van der Waals surface area contributed by atoms with Crippen molar-refractivity contribution in [3.8, 4) is 0 Å². The summed E-state index contributed by atoms with van der Waals surface area (Å²) in [7, 11) is 0. The number of halogens is 4. The van der Waals surface area contributed by atoms with E-state index in [4.69, 9.17) is 4.74 Å². The molecule has 1 aliphatic heterocycles. The van der Waals surface area contributed by atoms with Crippen molar-refractivity contribution >= 4 is 61.3 Å². The van der Waals surface area contributed by atoms with Gasteiger partial charge in [-0.05, 0) is 72.3 Å². The van der Waals surface area contributed by atoms with Crippen LogP contribution in [0.15, 0.2) is 10.5 Å². The lowest BCUT2D eigenvalue weighted by atomic mass is 10.1. The van der Waals surface area contributed by atoms with Crippen LogP contribution in [0.4, 0.5) is 19.4 Å². The zero-order valence-corrected chi connectivity index (χ0v) is 19.6. The van der Waals surface area contributed by atoms with Gasteiger partial charge in [0.25, 0.3) is 0 Å². The van der Waals surface area contributed by atoms with E-state index >= 15 is 0 Å². The first-order valence-electron chi connectivity index (χ1n) is 8.73. The summed E-state index contributed by atoms with van der Waals surface area (Å²) in [5, 5.41) is 0.434. The maximum absolute atomic E-state index is 14.6. The summed E-state index contributed by atoms with van der Waals surface area (Å²) >= 11 is 5.17. The average molecular weight is 569 g/mol. The third-order valence-electron chi connectivity index (χ3n) is 4.33. The maximum atomic E-state index is 14.6. The summed E-state index contributed by atoms with van der Waals surface area (Å²) in [6, 6.07) is 1.56. The Kier molecular flexibility index (Phi) is 6.00. The number of rotatable bonds is 1. The van der Waals surface area contributed by atoms with Gasteiger partial charge < -0.3 is 14.5 Å². The van der Waals surface area contributed by atoms with Crippen LogP contribution in [0.2, 0.25) is 0 Å². The number of carbonyl (C=O) groups is 1. The second-order valence-electron chi connectivity index (χ2n) is 7.67. The third kappa shape index (κ3) is 4.32. The van der Waals surface area contributed by atoms with E-state index in [0.29, 0.717) is 34.4 Å². The lowest BCUT2D eigenvalue weighted by Gasteiger charge is -2.41. The highest BCUT2D eigenvalue weighted by Gasteiger charge is 2.32. The Morgan fingerprint density at radius 1 is 1.32 bits per heavy atom. The standard InChI is InChI=1S/C18H20BrF2IN4O2/c1-9-8-25(17(27)28-18(2,3)4)5-6-26(9)15-10-7-11(22)12(19)13(20)14(10)23-16(21)24-15/h7,9H,5-6,8H2,1-4H3. The molecule has 0 radical (unpaired) electrons. The zero-order chi connectivity index (χ0) is 20.8. The van der Waals surface area contributed by atoms with E-state index in [1.807, 2.05) is 55.2 Å². The molecule has 1 fully saturated rings. The van der Waals surface area contributed by atoms with Crippen LogP contribution in [0.5, 0.6) is 0 Å². The summed E-state index contributed by atoms with van der Waals surface area (Å²) in [4.78, 5) is 23.4. The quantitative estimate of drug-likeness (QED) is 0.283. The van der Waals surface area contributed by atoms with Crippen LogP contribution in [0.3, 0.4) is 0 Å². The Bertz CT molecular complexity index is 938. The van der Waals surface area contributed by atoms with Crippen LogP contribution in [0, 0.1) is 15.5 Å². The molecule has 3 rings (SSSR count). The topological polar surface area (TPSA) is 58.6 Å². The summed E-state index contributed by atoms with van der Waals surface area (Å²) in [6.45, 7) is 8.54. The molecular weight excluding hydrogens is 549 g/mol. The number of fused-ring (bicyclic) bond motifs is 1. The minimum Gasteiger partial charge on any atom is -0.444 e. The van der Waals surface area contributed by atoms with Crippen LogP contribution < -0.4 is 4.90 Å². The van der Waals surface area contributed by atoms with Gasteiger partial charge in [0.1, 0.15) is 16.9 Å². The highest BCUT2D eigenvalue weighted by atomic mass is 127. The predicted octanol–water partition coefficient (Wildman–Crippen LogP) is 4.72. The predicted molar refractivity (Wildman–Crippen MR) is 114 cm³/mol. The lowest BCUT2D eigenvalue weighted by Crippen LogP contribution is -2.55. The van der Waals surface area contributed by atoms with Gasteiger partial charge in [0.15, 0.2) is 5.82 Å². The number of amides is 1. The van der Waals surface area contributed by atoms with E-state index in [1.165, 1.54) is 0 Å². The molecule has 0 spiro atoms. The van der Waals surface area contributed by atoms with Gasteiger partial charge in [0.2, 0.25) is 0 Å². The number of carbonyl (C=O) groups excluding carboxylic acids is 1. The van der Waals surface area contributed by atoms with Gasteiger partial charge in [-0.2, -0.15) is 14.4 Å². The van der Waals surface area contributed by atoms with E-state index in [2.05, 4.69) is 25.9 Å². The molecule has 2 heterocycles. The number of hydrogen-bond acceptors (Lipinski definition) is 5. The van der Waals surface area contributed by atoms with Crippen molar-refractivity contribution in [2.24, 2.45) is 0 Å².